The van der Waals surface area contributed by atoms with E-state index in [4.69, 9.17) is 4.74 Å². The lowest BCUT2D eigenvalue weighted by Crippen LogP contribution is -2.43. The highest BCUT2D eigenvalue weighted by atomic mass is 16.5. The van der Waals surface area contributed by atoms with Crippen LogP contribution in [0.2, 0.25) is 0 Å². The largest absolute Gasteiger partial charge is 0.490 e. The molecule has 3 aliphatic rings. The van der Waals surface area contributed by atoms with Crippen molar-refractivity contribution in [2.45, 2.75) is 38.7 Å². The first-order chi connectivity index (χ1) is 12.6. The Balaban J connectivity index is 1.27. The fourth-order valence-electron chi connectivity index (χ4n) is 4.91. The summed E-state index contributed by atoms with van der Waals surface area (Å²) in [6.45, 7) is 4.81. The molecule has 1 aromatic carbocycles. The number of likely N-dealkylation sites (tertiary alicyclic amines) is 2. The van der Waals surface area contributed by atoms with Gasteiger partial charge in [-0.25, -0.2) is 0 Å². The molecule has 26 heavy (non-hydrogen) atoms. The van der Waals surface area contributed by atoms with E-state index in [1.165, 1.54) is 0 Å². The lowest BCUT2D eigenvalue weighted by Gasteiger charge is -2.33. The van der Waals surface area contributed by atoms with E-state index >= 15 is 0 Å². The number of ether oxygens (including phenoxy) is 1. The lowest BCUT2D eigenvalue weighted by molar-refractivity contribution is -0.139. The Morgan fingerprint density at radius 2 is 1.58 bits per heavy atom. The highest BCUT2D eigenvalue weighted by molar-refractivity contribution is 5.80. The molecule has 1 aromatic rings. The van der Waals surface area contributed by atoms with Crippen molar-refractivity contribution in [2.75, 3.05) is 26.2 Å². The maximum absolute atomic E-state index is 12.9. The molecule has 0 radical (unpaired) electrons. The first-order valence-electron chi connectivity index (χ1n) is 9.86. The van der Waals surface area contributed by atoms with Gasteiger partial charge in [-0.05, 0) is 49.7 Å². The predicted octanol–water partition coefficient (Wildman–Crippen LogP) is 2.56. The summed E-state index contributed by atoms with van der Waals surface area (Å²) in [6.07, 6.45) is 4.00. The number of benzene rings is 1. The number of piperidine rings is 1. The second kappa shape index (κ2) is 7.29. The number of rotatable bonds is 3. The Labute approximate surface area is 155 Å². The Kier molecular flexibility index (Phi) is 4.88. The van der Waals surface area contributed by atoms with Crippen molar-refractivity contribution in [1.29, 1.82) is 0 Å². The molecular formula is C21H28N2O3. The van der Waals surface area contributed by atoms with Gasteiger partial charge in [0, 0.05) is 39.0 Å². The highest BCUT2D eigenvalue weighted by Crippen LogP contribution is 2.40. The smallest absolute Gasteiger partial charge is 0.225 e. The lowest BCUT2D eigenvalue weighted by atomic mass is 9.95. The van der Waals surface area contributed by atoms with Gasteiger partial charge >= 0.3 is 0 Å². The summed E-state index contributed by atoms with van der Waals surface area (Å²) in [5.41, 5.74) is 0. The van der Waals surface area contributed by atoms with Crippen molar-refractivity contribution < 1.29 is 14.3 Å². The quantitative estimate of drug-likeness (QED) is 0.836. The SMILES string of the molecule is CC(=O)N1CCC(C(=O)N2C[C@H]3CC(Oc4ccccc4)C[C@H]3C2)CC1. The topological polar surface area (TPSA) is 49.9 Å². The van der Waals surface area contributed by atoms with Crippen LogP contribution in [0, 0.1) is 17.8 Å². The van der Waals surface area contributed by atoms with Gasteiger partial charge in [0.2, 0.25) is 11.8 Å². The summed E-state index contributed by atoms with van der Waals surface area (Å²) in [7, 11) is 0. The number of fused-ring (bicyclic) bond motifs is 1. The van der Waals surface area contributed by atoms with E-state index in [1.807, 2.05) is 35.2 Å². The Bertz CT molecular complexity index is 640. The molecule has 1 aliphatic carbocycles. The Morgan fingerprint density at radius 1 is 0.962 bits per heavy atom. The van der Waals surface area contributed by atoms with Crippen molar-refractivity contribution in [3.8, 4) is 5.75 Å². The number of hydrogen-bond donors (Lipinski definition) is 0. The van der Waals surface area contributed by atoms with E-state index in [0.29, 0.717) is 17.7 Å². The first kappa shape index (κ1) is 17.4. The normalized spacial score (nSPS) is 28.9. The summed E-state index contributed by atoms with van der Waals surface area (Å²) in [5.74, 6) is 2.62. The molecule has 0 N–H and O–H groups in total. The zero-order valence-electron chi connectivity index (χ0n) is 15.5. The molecule has 2 aliphatic heterocycles. The number of para-hydroxylation sites is 1. The third-order valence-corrected chi connectivity index (χ3v) is 6.35. The minimum absolute atomic E-state index is 0.0980. The summed E-state index contributed by atoms with van der Waals surface area (Å²) in [4.78, 5) is 28.3. The van der Waals surface area contributed by atoms with E-state index in [1.54, 1.807) is 6.92 Å². The predicted molar refractivity (Wildman–Crippen MR) is 98.6 cm³/mol. The second-order valence-electron chi connectivity index (χ2n) is 8.07. The van der Waals surface area contributed by atoms with E-state index in [9.17, 15) is 9.59 Å². The van der Waals surface area contributed by atoms with Crippen LogP contribution in [0.15, 0.2) is 30.3 Å². The molecule has 0 aromatic heterocycles. The molecule has 0 spiro atoms. The van der Waals surface area contributed by atoms with Crippen LogP contribution in [-0.2, 0) is 9.59 Å². The van der Waals surface area contributed by atoms with Gasteiger partial charge in [-0.3, -0.25) is 9.59 Å². The molecule has 0 bridgehead atoms. The number of nitrogens with zero attached hydrogens (tertiary/aromatic N) is 2. The van der Waals surface area contributed by atoms with Crippen LogP contribution in [0.5, 0.6) is 5.75 Å². The molecule has 1 saturated carbocycles. The fraction of sp³-hybridized carbons (Fsp3) is 0.619. The summed E-state index contributed by atoms with van der Waals surface area (Å²) >= 11 is 0. The van der Waals surface area contributed by atoms with Gasteiger partial charge in [0.1, 0.15) is 5.75 Å². The van der Waals surface area contributed by atoms with E-state index in [2.05, 4.69) is 4.90 Å². The van der Waals surface area contributed by atoms with Crippen LogP contribution in [0.25, 0.3) is 0 Å². The first-order valence-corrected chi connectivity index (χ1v) is 9.86. The molecule has 2 amide bonds. The Hall–Kier alpha value is -2.04. The molecule has 4 rings (SSSR count). The van der Waals surface area contributed by atoms with Crippen LogP contribution in [-0.4, -0.2) is 53.9 Å². The zero-order chi connectivity index (χ0) is 18.1. The maximum atomic E-state index is 12.9. The van der Waals surface area contributed by atoms with Crippen LogP contribution in [0.4, 0.5) is 0 Å². The number of carbonyl (C=O) groups is 2. The fourth-order valence-corrected chi connectivity index (χ4v) is 4.91. The van der Waals surface area contributed by atoms with Crippen LogP contribution < -0.4 is 4.74 Å². The molecule has 5 nitrogen and oxygen atoms in total. The molecule has 5 heteroatoms. The average molecular weight is 356 g/mol. The van der Waals surface area contributed by atoms with Gasteiger partial charge < -0.3 is 14.5 Å². The van der Waals surface area contributed by atoms with Gasteiger partial charge in [-0.2, -0.15) is 0 Å². The van der Waals surface area contributed by atoms with Gasteiger partial charge in [0.25, 0.3) is 0 Å². The minimum Gasteiger partial charge on any atom is -0.490 e. The van der Waals surface area contributed by atoms with Crippen molar-refractivity contribution in [2.24, 2.45) is 17.8 Å². The summed E-state index contributed by atoms with van der Waals surface area (Å²) in [6, 6.07) is 10.0. The second-order valence-corrected chi connectivity index (χ2v) is 8.07. The van der Waals surface area contributed by atoms with Crippen molar-refractivity contribution in [3.63, 3.8) is 0 Å². The monoisotopic (exact) mass is 356 g/mol. The van der Waals surface area contributed by atoms with Gasteiger partial charge in [-0.1, -0.05) is 18.2 Å². The molecule has 3 atom stereocenters. The van der Waals surface area contributed by atoms with Crippen LogP contribution in [0.3, 0.4) is 0 Å². The van der Waals surface area contributed by atoms with E-state index in [0.717, 1.165) is 57.6 Å². The standard InChI is InChI=1S/C21H28N2O3/c1-15(24)22-9-7-16(8-10-22)21(25)23-13-17-11-20(12-18(17)14-23)26-19-5-3-2-4-6-19/h2-6,16-18,20H,7-14H2,1H3/t17-,18+,20?. The van der Waals surface area contributed by atoms with E-state index < -0.39 is 0 Å². The number of hydrogen-bond acceptors (Lipinski definition) is 3. The zero-order valence-corrected chi connectivity index (χ0v) is 15.5. The molecule has 2 heterocycles. The number of carbonyl (C=O) groups excluding carboxylic acids is 2. The molecule has 1 unspecified atom stereocenters. The average Bonchev–Trinajstić information content (AvgIpc) is 3.20. The minimum atomic E-state index is 0.0980. The third kappa shape index (κ3) is 3.57. The number of amides is 2. The van der Waals surface area contributed by atoms with Crippen LogP contribution >= 0.6 is 0 Å². The van der Waals surface area contributed by atoms with E-state index in [-0.39, 0.29) is 17.9 Å². The van der Waals surface area contributed by atoms with Gasteiger partial charge in [0.05, 0.1) is 6.10 Å². The molecule has 3 fully saturated rings. The molecule has 2 saturated heterocycles. The van der Waals surface area contributed by atoms with Crippen molar-refractivity contribution in [1.82, 2.24) is 9.80 Å². The van der Waals surface area contributed by atoms with Crippen LogP contribution in [0.1, 0.15) is 32.6 Å². The van der Waals surface area contributed by atoms with Crippen molar-refractivity contribution >= 4 is 11.8 Å². The third-order valence-electron chi connectivity index (χ3n) is 6.35. The maximum Gasteiger partial charge on any atom is 0.225 e. The summed E-state index contributed by atoms with van der Waals surface area (Å²) < 4.78 is 6.12. The highest BCUT2D eigenvalue weighted by Gasteiger charge is 2.44. The summed E-state index contributed by atoms with van der Waals surface area (Å²) in [5, 5.41) is 0. The molecular weight excluding hydrogens is 328 g/mol. The Morgan fingerprint density at radius 3 is 2.15 bits per heavy atom. The van der Waals surface area contributed by atoms with Crippen molar-refractivity contribution in [3.05, 3.63) is 30.3 Å². The molecule has 140 valence electrons. The van der Waals surface area contributed by atoms with Gasteiger partial charge in [0.15, 0.2) is 0 Å². The van der Waals surface area contributed by atoms with Gasteiger partial charge in [-0.15, -0.1) is 0 Å².